The molecule has 3 aromatic rings. The smallest absolute Gasteiger partial charge is 0.251 e. The number of hydrogen-bond acceptors (Lipinski definition) is 5. The standard InChI is InChI=1S/C24H25N3O3S/c1-30-24(13-14-24)23(26-22(29)17-7-3-2-4-8-17)15-27(16-23)21(28)12-11-20-25-18-9-5-6-10-19(18)31-20/h2-10H,11-16H2,1H3,(H,26,29). The summed E-state index contributed by atoms with van der Waals surface area (Å²) in [5.41, 5.74) is 0.702. The molecule has 0 unspecified atom stereocenters. The van der Waals surface area contributed by atoms with Crippen molar-refractivity contribution >= 4 is 33.4 Å². The number of aryl methyl sites for hydroxylation is 1. The first kappa shape index (κ1) is 20.2. The third-order valence-electron chi connectivity index (χ3n) is 6.52. The van der Waals surface area contributed by atoms with Gasteiger partial charge in [0.15, 0.2) is 0 Å². The first-order chi connectivity index (χ1) is 15.0. The number of thiazole rings is 1. The number of methoxy groups -OCH3 is 1. The van der Waals surface area contributed by atoms with E-state index < -0.39 is 5.54 Å². The van der Waals surface area contributed by atoms with Gasteiger partial charge in [-0.25, -0.2) is 4.98 Å². The van der Waals surface area contributed by atoms with Crippen molar-refractivity contribution in [2.75, 3.05) is 20.2 Å². The second-order valence-corrected chi connectivity index (χ2v) is 9.54. The summed E-state index contributed by atoms with van der Waals surface area (Å²) in [5, 5.41) is 4.19. The maximum absolute atomic E-state index is 12.8. The highest BCUT2D eigenvalue weighted by Gasteiger charge is 2.66. The summed E-state index contributed by atoms with van der Waals surface area (Å²) < 4.78 is 6.97. The van der Waals surface area contributed by atoms with Crippen LogP contribution in [0, 0.1) is 0 Å². The molecule has 1 N–H and O–H groups in total. The number of nitrogens with zero attached hydrogens (tertiary/aromatic N) is 2. The minimum absolute atomic E-state index is 0.0933. The van der Waals surface area contributed by atoms with Crippen molar-refractivity contribution in [2.24, 2.45) is 0 Å². The van der Waals surface area contributed by atoms with Gasteiger partial charge in [-0.15, -0.1) is 11.3 Å². The molecule has 0 atom stereocenters. The lowest BCUT2D eigenvalue weighted by Crippen LogP contribution is -2.77. The van der Waals surface area contributed by atoms with E-state index >= 15 is 0 Å². The zero-order chi connectivity index (χ0) is 21.5. The van der Waals surface area contributed by atoms with E-state index in [4.69, 9.17) is 4.74 Å². The lowest BCUT2D eigenvalue weighted by Gasteiger charge is -2.54. The zero-order valence-corrected chi connectivity index (χ0v) is 18.3. The lowest BCUT2D eigenvalue weighted by molar-refractivity contribution is -0.148. The molecule has 160 valence electrons. The van der Waals surface area contributed by atoms with Gasteiger partial charge in [0.25, 0.3) is 5.91 Å². The van der Waals surface area contributed by atoms with E-state index in [0.29, 0.717) is 31.5 Å². The lowest BCUT2D eigenvalue weighted by atomic mass is 9.80. The highest BCUT2D eigenvalue weighted by atomic mass is 32.1. The maximum atomic E-state index is 12.8. The molecule has 0 radical (unpaired) electrons. The molecule has 2 aromatic carbocycles. The molecule has 5 rings (SSSR count). The minimum atomic E-state index is -0.528. The average Bonchev–Trinajstić information content (AvgIpc) is 3.47. The highest BCUT2D eigenvalue weighted by Crippen LogP contribution is 2.51. The molecule has 0 spiro atoms. The van der Waals surface area contributed by atoms with E-state index in [9.17, 15) is 9.59 Å². The summed E-state index contributed by atoms with van der Waals surface area (Å²) in [6.07, 6.45) is 2.84. The third kappa shape index (κ3) is 3.62. The maximum Gasteiger partial charge on any atom is 0.251 e. The van der Waals surface area contributed by atoms with Crippen LogP contribution in [0.3, 0.4) is 0 Å². The zero-order valence-electron chi connectivity index (χ0n) is 17.5. The number of para-hydroxylation sites is 1. The molecular formula is C24H25N3O3S. The second kappa shape index (κ2) is 7.73. The van der Waals surface area contributed by atoms with E-state index in [2.05, 4.69) is 16.4 Å². The van der Waals surface area contributed by atoms with E-state index in [1.165, 1.54) is 0 Å². The average molecular weight is 436 g/mol. The van der Waals surface area contributed by atoms with Crippen LogP contribution in [0.1, 0.15) is 34.6 Å². The molecule has 1 aromatic heterocycles. The largest absolute Gasteiger partial charge is 0.376 e. The Balaban J connectivity index is 1.24. The number of ether oxygens (including phenoxy) is 1. The number of amides is 2. The predicted octanol–water partition coefficient (Wildman–Crippen LogP) is 3.42. The number of aromatic nitrogens is 1. The van der Waals surface area contributed by atoms with Gasteiger partial charge < -0.3 is 15.0 Å². The topological polar surface area (TPSA) is 71.5 Å². The summed E-state index contributed by atoms with van der Waals surface area (Å²) >= 11 is 1.64. The molecule has 2 amide bonds. The van der Waals surface area contributed by atoms with Gasteiger partial charge in [-0.05, 0) is 37.1 Å². The van der Waals surface area contributed by atoms with Crippen LogP contribution < -0.4 is 5.32 Å². The van der Waals surface area contributed by atoms with Gasteiger partial charge in [-0.3, -0.25) is 9.59 Å². The number of hydrogen-bond donors (Lipinski definition) is 1. The molecule has 7 heteroatoms. The Hall–Kier alpha value is -2.77. The number of nitrogens with one attached hydrogen (secondary N) is 1. The van der Waals surface area contributed by atoms with Gasteiger partial charge in [0.2, 0.25) is 5.91 Å². The van der Waals surface area contributed by atoms with Crippen molar-refractivity contribution < 1.29 is 14.3 Å². The molecule has 6 nitrogen and oxygen atoms in total. The first-order valence-electron chi connectivity index (χ1n) is 10.6. The summed E-state index contributed by atoms with van der Waals surface area (Å²) in [7, 11) is 1.70. The van der Waals surface area contributed by atoms with Crippen LogP contribution in [-0.4, -0.2) is 53.0 Å². The number of benzene rings is 2. The molecular weight excluding hydrogens is 410 g/mol. The Labute approximate surface area is 185 Å². The fourth-order valence-corrected chi connectivity index (χ4v) is 5.50. The quantitative estimate of drug-likeness (QED) is 0.617. The monoisotopic (exact) mass is 435 g/mol. The minimum Gasteiger partial charge on any atom is -0.376 e. The number of rotatable bonds is 7. The van der Waals surface area contributed by atoms with Crippen molar-refractivity contribution in [1.82, 2.24) is 15.2 Å². The first-order valence-corrected chi connectivity index (χ1v) is 11.4. The Morgan fingerprint density at radius 1 is 1.10 bits per heavy atom. The second-order valence-electron chi connectivity index (χ2n) is 8.43. The molecule has 1 saturated heterocycles. The molecule has 2 aliphatic rings. The van der Waals surface area contributed by atoms with Crippen LogP contribution in [0.5, 0.6) is 0 Å². The van der Waals surface area contributed by atoms with Gasteiger partial charge in [0, 0.05) is 38.6 Å². The van der Waals surface area contributed by atoms with E-state index in [-0.39, 0.29) is 17.4 Å². The van der Waals surface area contributed by atoms with Crippen LogP contribution in [0.25, 0.3) is 10.2 Å². The third-order valence-corrected chi connectivity index (χ3v) is 7.62. The van der Waals surface area contributed by atoms with Gasteiger partial charge in [0.05, 0.1) is 20.8 Å². The summed E-state index contributed by atoms with van der Waals surface area (Å²) in [5.74, 6) is -0.0266. The van der Waals surface area contributed by atoms with Gasteiger partial charge in [-0.2, -0.15) is 0 Å². The molecule has 2 fully saturated rings. The van der Waals surface area contributed by atoms with Crippen molar-refractivity contribution in [3.63, 3.8) is 0 Å². The Kier molecular flexibility index (Phi) is 5.02. The normalized spacial score (nSPS) is 18.4. The molecule has 0 bridgehead atoms. The summed E-state index contributed by atoms with van der Waals surface area (Å²) in [6, 6.07) is 17.2. The van der Waals surface area contributed by atoms with Gasteiger partial charge in [0.1, 0.15) is 5.54 Å². The molecule has 1 saturated carbocycles. The van der Waals surface area contributed by atoms with Crippen LogP contribution >= 0.6 is 11.3 Å². The summed E-state index contributed by atoms with van der Waals surface area (Å²) in [4.78, 5) is 32.1. The van der Waals surface area contributed by atoms with Crippen molar-refractivity contribution in [3.8, 4) is 0 Å². The van der Waals surface area contributed by atoms with Crippen LogP contribution in [0.4, 0.5) is 0 Å². The predicted molar refractivity (Wildman–Crippen MR) is 120 cm³/mol. The van der Waals surface area contributed by atoms with Crippen LogP contribution in [-0.2, 0) is 16.0 Å². The number of likely N-dealkylation sites (tertiary alicyclic amines) is 1. The van der Waals surface area contributed by atoms with Crippen LogP contribution in [0.15, 0.2) is 54.6 Å². The molecule has 1 aliphatic heterocycles. The van der Waals surface area contributed by atoms with Crippen molar-refractivity contribution in [1.29, 1.82) is 0 Å². The van der Waals surface area contributed by atoms with Gasteiger partial charge >= 0.3 is 0 Å². The number of carbonyl (C=O) groups is 2. The SMILES string of the molecule is COC1(C2(NC(=O)c3ccccc3)CN(C(=O)CCc3nc4ccccc4s3)C2)CC1. The van der Waals surface area contributed by atoms with E-state index in [1.54, 1.807) is 30.6 Å². The van der Waals surface area contributed by atoms with E-state index in [0.717, 1.165) is 28.1 Å². The van der Waals surface area contributed by atoms with Gasteiger partial charge in [-0.1, -0.05) is 30.3 Å². The Bertz CT molecular complexity index is 1080. The fraction of sp³-hybridized carbons (Fsp3) is 0.375. The van der Waals surface area contributed by atoms with Crippen molar-refractivity contribution in [3.05, 3.63) is 65.2 Å². The van der Waals surface area contributed by atoms with Crippen LogP contribution in [0.2, 0.25) is 0 Å². The Morgan fingerprint density at radius 3 is 2.48 bits per heavy atom. The highest BCUT2D eigenvalue weighted by molar-refractivity contribution is 7.18. The Morgan fingerprint density at radius 2 is 1.81 bits per heavy atom. The van der Waals surface area contributed by atoms with E-state index in [1.807, 2.05) is 41.3 Å². The molecule has 1 aliphatic carbocycles. The fourth-order valence-electron chi connectivity index (χ4n) is 4.53. The number of fused-ring (bicyclic) bond motifs is 1. The van der Waals surface area contributed by atoms with Crippen molar-refractivity contribution in [2.45, 2.75) is 36.8 Å². The molecule has 31 heavy (non-hydrogen) atoms. The summed E-state index contributed by atoms with van der Waals surface area (Å²) in [6.45, 7) is 0.968. The number of carbonyl (C=O) groups excluding carboxylic acids is 2. The molecule has 2 heterocycles.